The molecule has 0 spiro atoms. The summed E-state index contributed by atoms with van der Waals surface area (Å²) in [5.74, 6) is -1.48. The number of nitrogen functional groups attached to an aromatic ring is 1. The molecule has 1 aromatic heterocycles. The Labute approximate surface area is 116 Å². The molecule has 2 N–H and O–H groups in total. The van der Waals surface area contributed by atoms with Gasteiger partial charge in [0.05, 0.1) is 0 Å². The van der Waals surface area contributed by atoms with Crippen LogP contribution in [0.3, 0.4) is 0 Å². The monoisotopic (exact) mass is 305 g/mol. The number of hydrogen-bond donors (Lipinski definition) is 1. The topological polar surface area (TPSA) is 51.8 Å². The third-order valence-electron chi connectivity index (χ3n) is 1.99. The fraction of sp³-hybridized carbons (Fsp3) is 0.0909. The summed E-state index contributed by atoms with van der Waals surface area (Å²) >= 11 is 6.83. The van der Waals surface area contributed by atoms with Crippen molar-refractivity contribution in [2.45, 2.75) is 16.1 Å². The highest BCUT2D eigenvalue weighted by Crippen LogP contribution is 2.32. The van der Waals surface area contributed by atoms with Gasteiger partial charge < -0.3 is 5.73 Å². The molecule has 19 heavy (non-hydrogen) atoms. The van der Waals surface area contributed by atoms with Crippen LogP contribution in [0.5, 0.6) is 0 Å². The van der Waals surface area contributed by atoms with Crippen LogP contribution >= 0.6 is 23.4 Å². The largest absolute Gasteiger partial charge is 0.451 e. The third-order valence-corrected chi connectivity index (χ3v) is 3.14. The maximum absolute atomic E-state index is 12.5. The van der Waals surface area contributed by atoms with Gasteiger partial charge in [0.1, 0.15) is 10.8 Å². The molecule has 0 amide bonds. The van der Waals surface area contributed by atoms with Gasteiger partial charge in [0.15, 0.2) is 0 Å². The smallest absolute Gasteiger partial charge is 0.384 e. The second-order valence-corrected chi connectivity index (χ2v) is 5.04. The normalized spacial score (nSPS) is 11.6. The van der Waals surface area contributed by atoms with Crippen LogP contribution in [-0.4, -0.2) is 9.97 Å². The summed E-state index contributed by atoms with van der Waals surface area (Å²) in [5.41, 5.74) is 5.35. The number of alkyl halides is 3. The van der Waals surface area contributed by atoms with Gasteiger partial charge in [0.2, 0.25) is 5.82 Å². The lowest BCUT2D eigenvalue weighted by Crippen LogP contribution is -2.12. The van der Waals surface area contributed by atoms with Crippen molar-refractivity contribution < 1.29 is 13.2 Å². The predicted molar refractivity (Wildman–Crippen MR) is 67.0 cm³/mol. The number of nitrogens with zero attached hydrogens (tertiary/aromatic N) is 2. The number of nitrogens with two attached hydrogens (primary N) is 1. The molecule has 0 saturated carbocycles. The number of benzene rings is 1. The Morgan fingerprint density at radius 3 is 2.53 bits per heavy atom. The first kappa shape index (κ1) is 14.0. The standard InChI is InChI=1S/C11H7ClF3N3S/c12-6-2-1-3-7(4-6)19-9-5-8(16)17-10(18-9)11(13,14)15/h1-5H,(H2,16,17,18). The number of anilines is 1. The first-order valence-corrected chi connectivity index (χ1v) is 6.19. The van der Waals surface area contributed by atoms with E-state index in [9.17, 15) is 13.2 Å². The van der Waals surface area contributed by atoms with E-state index < -0.39 is 12.0 Å². The molecule has 1 heterocycles. The summed E-state index contributed by atoms with van der Waals surface area (Å²) in [7, 11) is 0. The number of halogens is 4. The van der Waals surface area contributed by atoms with E-state index in [0.717, 1.165) is 11.8 Å². The van der Waals surface area contributed by atoms with Crippen molar-refractivity contribution in [2.75, 3.05) is 5.73 Å². The molecular formula is C11H7ClF3N3S. The molecular weight excluding hydrogens is 299 g/mol. The van der Waals surface area contributed by atoms with Gasteiger partial charge in [-0.15, -0.1) is 0 Å². The molecule has 1 aromatic carbocycles. The van der Waals surface area contributed by atoms with Crippen molar-refractivity contribution in [1.82, 2.24) is 9.97 Å². The van der Waals surface area contributed by atoms with E-state index in [1.54, 1.807) is 24.3 Å². The summed E-state index contributed by atoms with van der Waals surface area (Å²) in [6.07, 6.45) is -4.63. The van der Waals surface area contributed by atoms with Gasteiger partial charge in [-0.05, 0) is 18.2 Å². The van der Waals surface area contributed by atoms with Crippen molar-refractivity contribution in [2.24, 2.45) is 0 Å². The fourth-order valence-electron chi connectivity index (χ4n) is 1.27. The average Bonchev–Trinajstić information content (AvgIpc) is 2.26. The number of hydrogen-bond acceptors (Lipinski definition) is 4. The summed E-state index contributed by atoms with van der Waals surface area (Å²) in [6, 6.07) is 7.97. The third kappa shape index (κ3) is 3.74. The van der Waals surface area contributed by atoms with E-state index in [1.165, 1.54) is 6.07 Å². The second-order valence-electron chi connectivity index (χ2n) is 3.51. The van der Waals surface area contributed by atoms with Crippen LogP contribution < -0.4 is 5.73 Å². The molecule has 0 atom stereocenters. The van der Waals surface area contributed by atoms with Gasteiger partial charge in [0.25, 0.3) is 0 Å². The molecule has 0 radical (unpaired) electrons. The van der Waals surface area contributed by atoms with Crippen LogP contribution in [0.2, 0.25) is 5.02 Å². The lowest BCUT2D eigenvalue weighted by atomic mass is 10.4. The van der Waals surface area contributed by atoms with Crippen LogP contribution in [0.15, 0.2) is 40.3 Å². The summed E-state index contributed by atoms with van der Waals surface area (Å²) < 4.78 is 37.6. The minimum atomic E-state index is -4.63. The quantitative estimate of drug-likeness (QED) is 0.855. The highest BCUT2D eigenvalue weighted by atomic mass is 35.5. The van der Waals surface area contributed by atoms with Gasteiger partial charge in [-0.3, -0.25) is 0 Å². The Morgan fingerprint density at radius 2 is 1.89 bits per heavy atom. The minimum absolute atomic E-state index is 0.113. The van der Waals surface area contributed by atoms with Crippen molar-refractivity contribution in [3.05, 3.63) is 41.2 Å². The Bertz CT molecular complexity index is 604. The highest BCUT2D eigenvalue weighted by Gasteiger charge is 2.35. The van der Waals surface area contributed by atoms with Gasteiger partial charge in [-0.25, -0.2) is 9.97 Å². The average molecular weight is 306 g/mol. The number of rotatable bonds is 2. The molecule has 0 unspecified atom stereocenters. The van der Waals surface area contributed by atoms with E-state index in [2.05, 4.69) is 9.97 Å². The SMILES string of the molecule is Nc1cc(Sc2cccc(Cl)c2)nc(C(F)(F)F)n1. The maximum Gasteiger partial charge on any atom is 0.451 e. The van der Waals surface area contributed by atoms with E-state index >= 15 is 0 Å². The molecule has 0 bridgehead atoms. The summed E-state index contributed by atoms with van der Waals surface area (Å²) in [4.78, 5) is 7.27. The first-order valence-electron chi connectivity index (χ1n) is 5.00. The van der Waals surface area contributed by atoms with Crippen LogP contribution in [0.4, 0.5) is 19.0 Å². The molecule has 3 nitrogen and oxygen atoms in total. The number of aromatic nitrogens is 2. The van der Waals surface area contributed by atoms with Gasteiger partial charge in [-0.1, -0.05) is 29.4 Å². The summed E-state index contributed by atoms with van der Waals surface area (Å²) in [6.45, 7) is 0. The van der Waals surface area contributed by atoms with Crippen molar-refractivity contribution in [1.29, 1.82) is 0 Å². The van der Waals surface area contributed by atoms with Gasteiger partial charge in [-0.2, -0.15) is 13.2 Å². The molecule has 2 aromatic rings. The lowest BCUT2D eigenvalue weighted by molar-refractivity contribution is -0.145. The zero-order valence-electron chi connectivity index (χ0n) is 9.28. The lowest BCUT2D eigenvalue weighted by Gasteiger charge is -2.08. The zero-order chi connectivity index (χ0) is 14.0. The van der Waals surface area contributed by atoms with Crippen LogP contribution in [0, 0.1) is 0 Å². The van der Waals surface area contributed by atoms with E-state index in [-0.39, 0.29) is 10.8 Å². The zero-order valence-corrected chi connectivity index (χ0v) is 10.9. The van der Waals surface area contributed by atoms with Crippen LogP contribution in [-0.2, 0) is 6.18 Å². The van der Waals surface area contributed by atoms with Gasteiger partial charge in [0, 0.05) is 16.0 Å². The second kappa shape index (κ2) is 5.26. The molecule has 0 aliphatic heterocycles. The Kier molecular flexibility index (Phi) is 3.86. The van der Waals surface area contributed by atoms with Crippen molar-refractivity contribution >= 4 is 29.2 Å². The minimum Gasteiger partial charge on any atom is -0.384 e. The van der Waals surface area contributed by atoms with Crippen LogP contribution in [0.25, 0.3) is 0 Å². The highest BCUT2D eigenvalue weighted by molar-refractivity contribution is 7.99. The Hall–Kier alpha value is -1.47. The predicted octanol–water partition coefficient (Wildman–Crippen LogP) is 3.88. The molecule has 2 rings (SSSR count). The molecule has 0 aliphatic rings. The van der Waals surface area contributed by atoms with Gasteiger partial charge >= 0.3 is 6.18 Å². The Balaban J connectivity index is 2.33. The fourth-order valence-corrected chi connectivity index (χ4v) is 2.41. The van der Waals surface area contributed by atoms with Crippen molar-refractivity contribution in [3.8, 4) is 0 Å². The first-order chi connectivity index (χ1) is 8.84. The van der Waals surface area contributed by atoms with E-state index in [1.807, 2.05) is 0 Å². The van der Waals surface area contributed by atoms with E-state index in [4.69, 9.17) is 17.3 Å². The Morgan fingerprint density at radius 1 is 1.16 bits per heavy atom. The van der Waals surface area contributed by atoms with Crippen molar-refractivity contribution in [3.63, 3.8) is 0 Å². The molecule has 0 saturated heterocycles. The molecule has 8 heteroatoms. The molecule has 0 fully saturated rings. The molecule has 100 valence electrons. The summed E-state index contributed by atoms with van der Waals surface area (Å²) in [5, 5.41) is 0.602. The van der Waals surface area contributed by atoms with Crippen LogP contribution in [0.1, 0.15) is 5.82 Å². The molecule has 0 aliphatic carbocycles. The van der Waals surface area contributed by atoms with E-state index in [0.29, 0.717) is 9.92 Å². The maximum atomic E-state index is 12.5.